The van der Waals surface area contributed by atoms with Gasteiger partial charge in [0.05, 0.1) is 0 Å². The minimum absolute atomic E-state index is 0.0626. The number of benzene rings is 1. The quantitative estimate of drug-likeness (QED) is 0.729. The Kier molecular flexibility index (Phi) is 4.85. The molecule has 0 atom stereocenters. The molecule has 3 aromatic rings. The van der Waals surface area contributed by atoms with Crippen molar-refractivity contribution in [2.24, 2.45) is 0 Å². The SMILES string of the molecule is Cc1nnc(NC(=O)c2cc(=O)c(OCc3ccc(F)cc3)c[nH]2)s1. The third kappa shape index (κ3) is 4.27. The first-order chi connectivity index (χ1) is 12.0. The molecule has 0 spiro atoms. The molecule has 2 N–H and O–H groups in total. The van der Waals surface area contributed by atoms with Crippen LogP contribution in [0.3, 0.4) is 0 Å². The number of nitrogens with one attached hydrogen (secondary N) is 2. The molecule has 0 bridgehead atoms. The van der Waals surface area contributed by atoms with Crippen LogP contribution in [0.5, 0.6) is 5.75 Å². The van der Waals surface area contributed by atoms with E-state index in [0.29, 0.717) is 15.7 Å². The van der Waals surface area contributed by atoms with Gasteiger partial charge < -0.3 is 9.72 Å². The summed E-state index contributed by atoms with van der Waals surface area (Å²) in [5.74, 6) is -0.784. The average molecular weight is 360 g/mol. The topological polar surface area (TPSA) is 97.0 Å². The maximum absolute atomic E-state index is 12.9. The predicted octanol–water partition coefficient (Wildman–Crippen LogP) is 2.51. The van der Waals surface area contributed by atoms with Gasteiger partial charge in [0.15, 0.2) is 5.75 Å². The molecular formula is C16H13FN4O3S. The highest BCUT2D eigenvalue weighted by molar-refractivity contribution is 7.15. The van der Waals surface area contributed by atoms with Crippen LogP contribution in [0.1, 0.15) is 21.1 Å². The van der Waals surface area contributed by atoms with E-state index in [2.05, 4.69) is 20.5 Å². The fourth-order valence-electron chi connectivity index (χ4n) is 1.96. The number of pyridine rings is 1. The highest BCUT2D eigenvalue weighted by atomic mass is 32.1. The van der Waals surface area contributed by atoms with E-state index in [9.17, 15) is 14.0 Å². The number of ether oxygens (including phenoxy) is 1. The van der Waals surface area contributed by atoms with Crippen LogP contribution in [0.25, 0.3) is 0 Å². The summed E-state index contributed by atoms with van der Waals surface area (Å²) in [5.41, 5.74) is 0.348. The van der Waals surface area contributed by atoms with Gasteiger partial charge in [-0.05, 0) is 24.6 Å². The van der Waals surface area contributed by atoms with E-state index in [1.807, 2.05) is 0 Å². The summed E-state index contributed by atoms with van der Waals surface area (Å²) in [4.78, 5) is 26.9. The zero-order chi connectivity index (χ0) is 17.8. The van der Waals surface area contributed by atoms with Crippen molar-refractivity contribution in [1.29, 1.82) is 0 Å². The van der Waals surface area contributed by atoms with Crippen molar-refractivity contribution in [3.8, 4) is 5.75 Å². The number of amides is 1. The van der Waals surface area contributed by atoms with Gasteiger partial charge in [0.2, 0.25) is 10.6 Å². The number of hydrogen-bond donors (Lipinski definition) is 2. The molecular weight excluding hydrogens is 347 g/mol. The van der Waals surface area contributed by atoms with Crippen LogP contribution >= 0.6 is 11.3 Å². The number of carbonyl (C=O) groups excluding carboxylic acids is 1. The van der Waals surface area contributed by atoms with Gasteiger partial charge in [-0.2, -0.15) is 0 Å². The lowest BCUT2D eigenvalue weighted by Crippen LogP contribution is -2.17. The number of carbonyl (C=O) groups is 1. The highest BCUT2D eigenvalue weighted by Crippen LogP contribution is 2.14. The van der Waals surface area contributed by atoms with Crippen molar-refractivity contribution in [2.75, 3.05) is 5.32 Å². The zero-order valence-corrected chi connectivity index (χ0v) is 13.9. The summed E-state index contributed by atoms with van der Waals surface area (Å²) in [5, 5.41) is 11.2. The van der Waals surface area contributed by atoms with Crippen LogP contribution in [0, 0.1) is 12.7 Å². The molecule has 0 unspecified atom stereocenters. The minimum Gasteiger partial charge on any atom is -0.483 e. The van der Waals surface area contributed by atoms with E-state index in [0.717, 1.165) is 6.07 Å². The Labute approximate surface area is 145 Å². The van der Waals surface area contributed by atoms with Gasteiger partial charge in [-0.25, -0.2) is 4.39 Å². The van der Waals surface area contributed by atoms with Gasteiger partial charge >= 0.3 is 0 Å². The van der Waals surface area contributed by atoms with E-state index in [1.54, 1.807) is 19.1 Å². The van der Waals surface area contributed by atoms with E-state index in [4.69, 9.17) is 4.74 Å². The standard InChI is InChI=1S/C16H13FN4O3S/c1-9-20-21-16(25-9)19-15(23)12-6-13(22)14(7-18-12)24-8-10-2-4-11(17)5-3-10/h2-7H,8H2,1H3,(H,18,22)(H,19,21,23). The van der Waals surface area contributed by atoms with Gasteiger partial charge in [-0.15, -0.1) is 10.2 Å². The van der Waals surface area contributed by atoms with Gasteiger partial charge in [0.25, 0.3) is 5.91 Å². The van der Waals surface area contributed by atoms with Gasteiger partial charge in [0.1, 0.15) is 23.1 Å². The van der Waals surface area contributed by atoms with Crippen LogP contribution in [0.4, 0.5) is 9.52 Å². The zero-order valence-electron chi connectivity index (χ0n) is 13.1. The Balaban J connectivity index is 1.66. The maximum Gasteiger partial charge on any atom is 0.274 e. The number of aromatic nitrogens is 3. The normalized spacial score (nSPS) is 10.5. The van der Waals surface area contributed by atoms with Crippen molar-refractivity contribution in [3.63, 3.8) is 0 Å². The molecule has 7 nitrogen and oxygen atoms in total. The van der Waals surface area contributed by atoms with Crippen molar-refractivity contribution in [1.82, 2.24) is 15.2 Å². The highest BCUT2D eigenvalue weighted by Gasteiger charge is 2.12. The van der Waals surface area contributed by atoms with E-state index in [-0.39, 0.29) is 23.9 Å². The van der Waals surface area contributed by atoms with Crippen LogP contribution in [-0.2, 0) is 6.61 Å². The van der Waals surface area contributed by atoms with E-state index < -0.39 is 11.3 Å². The van der Waals surface area contributed by atoms with Crippen molar-refractivity contribution in [3.05, 3.63) is 68.8 Å². The second-order valence-corrected chi connectivity index (χ2v) is 6.25. The molecule has 0 saturated carbocycles. The third-order valence-electron chi connectivity index (χ3n) is 3.18. The molecule has 3 rings (SSSR count). The first-order valence-corrected chi connectivity index (χ1v) is 8.04. The fourth-order valence-corrected chi connectivity index (χ4v) is 2.54. The molecule has 1 amide bonds. The van der Waals surface area contributed by atoms with Crippen LogP contribution < -0.4 is 15.5 Å². The number of rotatable bonds is 5. The lowest BCUT2D eigenvalue weighted by Gasteiger charge is -2.07. The van der Waals surface area contributed by atoms with E-state index in [1.165, 1.54) is 29.7 Å². The Hall–Kier alpha value is -3.07. The molecule has 0 fully saturated rings. The van der Waals surface area contributed by atoms with Crippen molar-refractivity contribution >= 4 is 22.4 Å². The van der Waals surface area contributed by atoms with Gasteiger partial charge in [0, 0.05) is 12.3 Å². The second-order valence-electron chi connectivity index (χ2n) is 5.07. The molecule has 2 heterocycles. The van der Waals surface area contributed by atoms with Crippen LogP contribution in [-0.4, -0.2) is 21.1 Å². The number of H-pyrrole nitrogens is 1. The molecule has 9 heteroatoms. The molecule has 0 aliphatic carbocycles. The largest absolute Gasteiger partial charge is 0.483 e. The fraction of sp³-hybridized carbons (Fsp3) is 0.125. The lowest BCUT2D eigenvalue weighted by molar-refractivity contribution is 0.102. The summed E-state index contributed by atoms with van der Waals surface area (Å²) < 4.78 is 18.3. The Morgan fingerprint density at radius 2 is 2.08 bits per heavy atom. The predicted molar refractivity (Wildman–Crippen MR) is 90.4 cm³/mol. The summed E-state index contributed by atoms with van der Waals surface area (Å²) in [6, 6.07) is 6.89. The lowest BCUT2D eigenvalue weighted by atomic mass is 10.2. The molecule has 0 radical (unpaired) electrons. The molecule has 25 heavy (non-hydrogen) atoms. The second kappa shape index (κ2) is 7.22. The number of hydrogen-bond acceptors (Lipinski definition) is 6. The molecule has 0 aliphatic rings. The first kappa shape index (κ1) is 16.8. The van der Waals surface area contributed by atoms with E-state index >= 15 is 0 Å². The van der Waals surface area contributed by atoms with Gasteiger partial charge in [-0.3, -0.25) is 14.9 Å². The number of aryl methyl sites for hydroxylation is 1. The summed E-state index contributed by atoms with van der Waals surface area (Å²) in [7, 11) is 0. The van der Waals surface area contributed by atoms with Crippen molar-refractivity contribution < 1.29 is 13.9 Å². The minimum atomic E-state index is -0.502. The monoisotopic (exact) mass is 360 g/mol. The van der Waals surface area contributed by atoms with Crippen molar-refractivity contribution in [2.45, 2.75) is 13.5 Å². The van der Waals surface area contributed by atoms with Crippen LogP contribution in [0.2, 0.25) is 0 Å². The maximum atomic E-state index is 12.9. The Morgan fingerprint density at radius 1 is 1.32 bits per heavy atom. The third-order valence-corrected chi connectivity index (χ3v) is 3.93. The van der Waals surface area contributed by atoms with Gasteiger partial charge in [-0.1, -0.05) is 23.5 Å². The summed E-state index contributed by atoms with van der Waals surface area (Å²) in [6.45, 7) is 1.88. The Morgan fingerprint density at radius 3 is 2.72 bits per heavy atom. The smallest absolute Gasteiger partial charge is 0.274 e. The molecule has 0 saturated heterocycles. The van der Waals surface area contributed by atoms with Crippen LogP contribution in [0.15, 0.2) is 41.3 Å². The number of anilines is 1. The number of aromatic amines is 1. The molecule has 2 aromatic heterocycles. The summed E-state index contributed by atoms with van der Waals surface area (Å²) in [6.07, 6.45) is 1.31. The number of nitrogens with zero attached hydrogens (tertiary/aromatic N) is 2. The number of halogens is 1. The first-order valence-electron chi connectivity index (χ1n) is 7.23. The molecule has 128 valence electrons. The molecule has 0 aliphatic heterocycles. The average Bonchev–Trinajstić information content (AvgIpc) is 3.00. The molecule has 1 aromatic carbocycles. The summed E-state index contributed by atoms with van der Waals surface area (Å²) >= 11 is 1.23. The Bertz CT molecular complexity index is 953.